The fourth-order valence-corrected chi connectivity index (χ4v) is 4.35. The predicted molar refractivity (Wildman–Crippen MR) is 79.8 cm³/mol. The fourth-order valence-electron chi connectivity index (χ4n) is 4.35. The van der Waals surface area contributed by atoms with Gasteiger partial charge in [0.05, 0.1) is 18.8 Å². The predicted octanol–water partition coefficient (Wildman–Crippen LogP) is 1.33. The summed E-state index contributed by atoms with van der Waals surface area (Å²) in [6.45, 7) is 9.87. The lowest BCUT2D eigenvalue weighted by atomic mass is 9.99. The van der Waals surface area contributed by atoms with Crippen molar-refractivity contribution in [3.8, 4) is 0 Å². The van der Waals surface area contributed by atoms with Gasteiger partial charge in [-0.3, -0.25) is 9.80 Å². The molecule has 0 spiro atoms. The van der Waals surface area contributed by atoms with Crippen LogP contribution in [0.2, 0.25) is 0 Å². The van der Waals surface area contributed by atoms with Gasteiger partial charge in [0.2, 0.25) is 0 Å². The maximum Gasteiger partial charge on any atom is 0.0829 e. The van der Waals surface area contributed by atoms with Gasteiger partial charge in [-0.1, -0.05) is 13.8 Å². The van der Waals surface area contributed by atoms with Crippen molar-refractivity contribution in [3.63, 3.8) is 0 Å². The highest BCUT2D eigenvalue weighted by Crippen LogP contribution is 2.36. The van der Waals surface area contributed by atoms with E-state index in [2.05, 4.69) is 23.6 Å². The SMILES string of the molecule is CC(C)CN1CCOC(CN2C3CCC2CC(O)C3)C1. The number of rotatable bonds is 4. The third kappa shape index (κ3) is 3.35. The third-order valence-corrected chi connectivity index (χ3v) is 5.12. The summed E-state index contributed by atoms with van der Waals surface area (Å²) in [6, 6.07) is 1.21. The average Bonchev–Trinajstić information content (AvgIpc) is 2.62. The average molecular weight is 282 g/mol. The molecule has 3 unspecified atom stereocenters. The maximum absolute atomic E-state index is 9.89. The van der Waals surface area contributed by atoms with Gasteiger partial charge in [-0.15, -0.1) is 0 Å². The highest BCUT2D eigenvalue weighted by molar-refractivity contribution is 4.96. The molecule has 0 aromatic rings. The number of ether oxygens (including phenoxy) is 1. The van der Waals surface area contributed by atoms with E-state index in [1.54, 1.807) is 0 Å². The van der Waals surface area contributed by atoms with Crippen LogP contribution >= 0.6 is 0 Å². The highest BCUT2D eigenvalue weighted by atomic mass is 16.5. The molecule has 3 rings (SSSR count). The zero-order valence-corrected chi connectivity index (χ0v) is 13.0. The Labute approximate surface area is 123 Å². The molecule has 0 amide bonds. The molecule has 0 radical (unpaired) electrons. The Kier molecular flexibility index (Phi) is 4.65. The standard InChI is InChI=1S/C16H30N2O2/c1-12(2)9-17-5-6-20-16(10-17)11-18-13-3-4-14(18)8-15(19)7-13/h12-16,19H,3-11H2,1-2H3. The van der Waals surface area contributed by atoms with Crippen LogP contribution in [0.3, 0.4) is 0 Å². The van der Waals surface area contributed by atoms with Gasteiger partial charge in [0.15, 0.2) is 0 Å². The van der Waals surface area contributed by atoms with Crippen LogP contribution in [-0.4, -0.2) is 72.0 Å². The number of hydrogen-bond acceptors (Lipinski definition) is 4. The monoisotopic (exact) mass is 282 g/mol. The van der Waals surface area contributed by atoms with Crippen molar-refractivity contribution in [1.29, 1.82) is 0 Å². The molecule has 0 aromatic carbocycles. The minimum absolute atomic E-state index is 0.0616. The molecule has 1 N–H and O–H groups in total. The van der Waals surface area contributed by atoms with Crippen LogP contribution in [0.25, 0.3) is 0 Å². The van der Waals surface area contributed by atoms with Gasteiger partial charge in [0.1, 0.15) is 0 Å². The molecule has 0 saturated carbocycles. The summed E-state index contributed by atoms with van der Waals surface area (Å²) in [5, 5.41) is 9.89. The maximum atomic E-state index is 9.89. The fraction of sp³-hybridized carbons (Fsp3) is 1.00. The molecular formula is C16H30N2O2. The first-order chi connectivity index (χ1) is 9.61. The van der Waals surface area contributed by atoms with Crippen LogP contribution in [-0.2, 0) is 4.74 Å². The Morgan fingerprint density at radius 2 is 1.90 bits per heavy atom. The molecule has 3 fully saturated rings. The van der Waals surface area contributed by atoms with E-state index < -0.39 is 0 Å². The number of morpholine rings is 1. The molecule has 3 aliphatic heterocycles. The Bertz CT molecular complexity index is 310. The molecule has 0 aliphatic carbocycles. The van der Waals surface area contributed by atoms with Gasteiger partial charge in [-0.05, 0) is 31.6 Å². The number of fused-ring (bicyclic) bond motifs is 2. The Hall–Kier alpha value is -0.160. The summed E-state index contributed by atoms with van der Waals surface area (Å²) >= 11 is 0. The molecule has 2 bridgehead atoms. The second-order valence-corrected chi connectivity index (χ2v) is 7.35. The minimum Gasteiger partial charge on any atom is -0.393 e. The first-order valence-electron chi connectivity index (χ1n) is 8.39. The molecule has 4 nitrogen and oxygen atoms in total. The van der Waals surface area contributed by atoms with Crippen molar-refractivity contribution in [3.05, 3.63) is 0 Å². The van der Waals surface area contributed by atoms with Crippen molar-refractivity contribution in [2.45, 2.75) is 63.8 Å². The molecule has 4 heteroatoms. The van der Waals surface area contributed by atoms with E-state index in [0.717, 1.165) is 45.0 Å². The molecule has 20 heavy (non-hydrogen) atoms. The van der Waals surface area contributed by atoms with Crippen LogP contribution in [0.5, 0.6) is 0 Å². The zero-order valence-electron chi connectivity index (χ0n) is 13.0. The normalized spacial score (nSPS) is 39.6. The Morgan fingerprint density at radius 1 is 1.20 bits per heavy atom. The lowest BCUT2D eigenvalue weighted by Crippen LogP contribution is -2.53. The highest BCUT2D eigenvalue weighted by Gasteiger charge is 2.41. The summed E-state index contributed by atoms with van der Waals surface area (Å²) < 4.78 is 6.00. The van der Waals surface area contributed by atoms with Crippen LogP contribution in [0, 0.1) is 5.92 Å². The lowest BCUT2D eigenvalue weighted by molar-refractivity contribution is -0.0641. The van der Waals surface area contributed by atoms with Gasteiger partial charge < -0.3 is 9.84 Å². The molecule has 116 valence electrons. The molecule has 3 heterocycles. The van der Waals surface area contributed by atoms with E-state index in [1.807, 2.05) is 0 Å². The molecule has 0 aromatic heterocycles. The second kappa shape index (κ2) is 6.30. The first-order valence-corrected chi connectivity index (χ1v) is 8.39. The van der Waals surface area contributed by atoms with Gasteiger partial charge in [-0.25, -0.2) is 0 Å². The van der Waals surface area contributed by atoms with Gasteiger partial charge in [0.25, 0.3) is 0 Å². The lowest BCUT2D eigenvalue weighted by Gasteiger charge is -2.41. The molecule has 3 saturated heterocycles. The number of piperidine rings is 1. The third-order valence-electron chi connectivity index (χ3n) is 5.12. The smallest absolute Gasteiger partial charge is 0.0829 e. The van der Waals surface area contributed by atoms with E-state index in [1.165, 1.54) is 19.4 Å². The number of aliphatic hydroxyl groups excluding tert-OH is 1. The van der Waals surface area contributed by atoms with E-state index in [0.29, 0.717) is 18.2 Å². The van der Waals surface area contributed by atoms with Gasteiger partial charge >= 0.3 is 0 Å². The summed E-state index contributed by atoms with van der Waals surface area (Å²) in [5.74, 6) is 0.732. The van der Waals surface area contributed by atoms with Crippen molar-refractivity contribution >= 4 is 0 Å². The van der Waals surface area contributed by atoms with Crippen molar-refractivity contribution < 1.29 is 9.84 Å². The summed E-state index contributed by atoms with van der Waals surface area (Å²) in [7, 11) is 0. The van der Waals surface area contributed by atoms with Gasteiger partial charge in [0, 0.05) is 38.3 Å². The quantitative estimate of drug-likeness (QED) is 0.844. The topological polar surface area (TPSA) is 35.9 Å². The van der Waals surface area contributed by atoms with Crippen LogP contribution in [0.15, 0.2) is 0 Å². The largest absolute Gasteiger partial charge is 0.393 e. The van der Waals surface area contributed by atoms with Crippen molar-refractivity contribution in [1.82, 2.24) is 9.80 Å². The molecular weight excluding hydrogens is 252 g/mol. The summed E-state index contributed by atoms with van der Waals surface area (Å²) in [5.41, 5.74) is 0. The number of hydrogen-bond donors (Lipinski definition) is 1. The van der Waals surface area contributed by atoms with Crippen molar-refractivity contribution in [2.24, 2.45) is 5.92 Å². The van der Waals surface area contributed by atoms with Crippen LogP contribution in [0.4, 0.5) is 0 Å². The van der Waals surface area contributed by atoms with Crippen LogP contribution < -0.4 is 0 Å². The van der Waals surface area contributed by atoms with E-state index in [-0.39, 0.29) is 6.10 Å². The van der Waals surface area contributed by atoms with E-state index in [9.17, 15) is 5.11 Å². The molecule has 3 atom stereocenters. The van der Waals surface area contributed by atoms with E-state index in [4.69, 9.17) is 4.74 Å². The first kappa shape index (κ1) is 14.8. The number of nitrogens with zero attached hydrogens (tertiary/aromatic N) is 2. The van der Waals surface area contributed by atoms with E-state index >= 15 is 0 Å². The molecule has 3 aliphatic rings. The number of aliphatic hydroxyl groups is 1. The van der Waals surface area contributed by atoms with Crippen LogP contribution in [0.1, 0.15) is 39.5 Å². The van der Waals surface area contributed by atoms with Gasteiger partial charge in [-0.2, -0.15) is 0 Å². The summed E-state index contributed by atoms with van der Waals surface area (Å²) in [6.07, 6.45) is 4.78. The van der Waals surface area contributed by atoms with Crippen molar-refractivity contribution in [2.75, 3.05) is 32.8 Å². The Balaban J connectivity index is 1.53. The summed E-state index contributed by atoms with van der Waals surface area (Å²) in [4.78, 5) is 5.19. The minimum atomic E-state index is -0.0616. The second-order valence-electron chi connectivity index (χ2n) is 7.35. The Morgan fingerprint density at radius 3 is 2.55 bits per heavy atom. The zero-order chi connectivity index (χ0) is 14.1.